The largest absolute Gasteiger partial charge is 0.0502 e. The lowest BCUT2D eigenvalue weighted by Gasteiger charge is -2.34. The fourth-order valence-electron chi connectivity index (χ4n) is 3.03. The van der Waals surface area contributed by atoms with Crippen LogP contribution in [0.15, 0.2) is 30.3 Å². The molecule has 0 aliphatic heterocycles. The van der Waals surface area contributed by atoms with Gasteiger partial charge in [0.25, 0.3) is 0 Å². The summed E-state index contributed by atoms with van der Waals surface area (Å²) < 4.78 is 0. The van der Waals surface area contributed by atoms with E-state index in [0.29, 0.717) is 0 Å². The summed E-state index contributed by atoms with van der Waals surface area (Å²) in [5.41, 5.74) is 3.29. The van der Waals surface area contributed by atoms with Gasteiger partial charge in [-0.25, -0.2) is 0 Å². The summed E-state index contributed by atoms with van der Waals surface area (Å²) in [6.07, 6.45) is 5.73. The lowest BCUT2D eigenvalue weighted by atomic mass is 9.68. The first-order chi connectivity index (χ1) is 6.45. The van der Waals surface area contributed by atoms with E-state index in [0.717, 1.165) is 11.8 Å². The molecule has 4 rings (SSSR count). The maximum absolute atomic E-state index is 2.34. The van der Waals surface area contributed by atoms with Crippen LogP contribution < -0.4 is 0 Å². The van der Waals surface area contributed by atoms with Gasteiger partial charge in [-0.3, -0.25) is 0 Å². The number of hydrogen-bond acceptors (Lipinski definition) is 0. The van der Waals surface area contributed by atoms with Crippen LogP contribution in [0.2, 0.25) is 0 Å². The first kappa shape index (κ1) is 7.49. The van der Waals surface area contributed by atoms with E-state index < -0.39 is 0 Å². The molecule has 2 bridgehead atoms. The van der Waals surface area contributed by atoms with Crippen LogP contribution >= 0.6 is 0 Å². The van der Waals surface area contributed by atoms with Crippen LogP contribution in [0.3, 0.4) is 0 Å². The summed E-state index contributed by atoms with van der Waals surface area (Å²) in [4.78, 5) is 0. The maximum atomic E-state index is 2.34. The second-order valence-electron chi connectivity index (χ2n) is 4.37. The van der Waals surface area contributed by atoms with Gasteiger partial charge in [-0.2, -0.15) is 0 Å². The second-order valence-corrected chi connectivity index (χ2v) is 4.37. The molecular weight excluding hydrogens is 156 g/mol. The fourth-order valence-corrected chi connectivity index (χ4v) is 3.03. The van der Waals surface area contributed by atoms with E-state index in [1.165, 1.54) is 25.7 Å². The molecule has 1 aromatic rings. The normalized spacial score (nSPS) is 29.8. The Kier molecular flexibility index (Phi) is 1.61. The zero-order valence-electron chi connectivity index (χ0n) is 7.87. The number of rotatable bonds is 0. The Bertz CT molecular complexity index is 293. The Morgan fingerprint density at radius 1 is 1.00 bits per heavy atom. The number of fused-ring (bicyclic) bond motifs is 2. The van der Waals surface area contributed by atoms with E-state index in [1.807, 2.05) is 0 Å². The summed E-state index contributed by atoms with van der Waals surface area (Å²) in [5, 5.41) is 0. The summed E-state index contributed by atoms with van der Waals surface area (Å²) in [7, 11) is 0. The minimum atomic E-state index is 0.882. The predicted molar refractivity (Wildman–Crippen MR) is 54.8 cm³/mol. The lowest BCUT2D eigenvalue weighted by molar-refractivity contribution is 0.359. The molecule has 0 radical (unpaired) electrons. The Morgan fingerprint density at radius 2 is 1.69 bits per heavy atom. The van der Waals surface area contributed by atoms with Crippen LogP contribution in [0, 0.1) is 0 Å². The van der Waals surface area contributed by atoms with Gasteiger partial charge in [-0.1, -0.05) is 0 Å². The molecule has 3 aliphatic carbocycles. The van der Waals surface area contributed by atoms with Crippen LogP contribution in [-0.2, 0) is 0 Å². The fraction of sp³-hybridized carbons (Fsp3) is 0.462. The molecule has 0 spiro atoms. The third-order valence-electron chi connectivity index (χ3n) is 3.71. The van der Waals surface area contributed by atoms with Gasteiger partial charge in [0.15, 0.2) is 0 Å². The highest BCUT2D eigenvalue weighted by Crippen LogP contribution is 2.48. The minimum absolute atomic E-state index is 0.882. The van der Waals surface area contributed by atoms with Gasteiger partial charge in [0.1, 0.15) is 0 Å². The molecule has 1 saturated carbocycles. The Hall–Kier alpha value is -0.910. The van der Waals surface area contributed by atoms with Crippen molar-refractivity contribution in [1.82, 2.24) is 0 Å². The van der Waals surface area contributed by atoms with E-state index in [-0.39, 0.29) is 0 Å². The summed E-state index contributed by atoms with van der Waals surface area (Å²) in [6, 6.07) is 11.2. The zero-order valence-corrected chi connectivity index (χ0v) is 7.87. The molecule has 1 aromatic carbocycles. The Labute approximate surface area is 79.6 Å². The van der Waals surface area contributed by atoms with Gasteiger partial charge < -0.3 is 0 Å². The van der Waals surface area contributed by atoms with Gasteiger partial charge in [0, 0.05) is 41.3 Å². The second kappa shape index (κ2) is 2.80. The van der Waals surface area contributed by atoms with Gasteiger partial charge in [-0.05, 0) is 31.6 Å². The molecule has 0 heteroatoms. The van der Waals surface area contributed by atoms with Crippen molar-refractivity contribution in [3.63, 3.8) is 0 Å². The molecule has 0 amide bonds. The van der Waals surface area contributed by atoms with Crippen LogP contribution in [0.5, 0.6) is 0 Å². The first-order valence-electron chi connectivity index (χ1n) is 5.37. The summed E-state index contributed by atoms with van der Waals surface area (Å²) >= 11 is 0. The van der Waals surface area contributed by atoms with Crippen LogP contribution in [0.25, 0.3) is 0 Å². The van der Waals surface area contributed by atoms with E-state index in [1.54, 1.807) is 11.1 Å². The van der Waals surface area contributed by atoms with Crippen molar-refractivity contribution in [2.75, 3.05) is 0 Å². The van der Waals surface area contributed by atoms with Gasteiger partial charge >= 0.3 is 0 Å². The van der Waals surface area contributed by atoms with Crippen molar-refractivity contribution in [2.45, 2.75) is 37.5 Å². The molecule has 0 heterocycles. The van der Waals surface area contributed by atoms with Crippen molar-refractivity contribution in [2.24, 2.45) is 0 Å². The topological polar surface area (TPSA) is 0 Å². The van der Waals surface area contributed by atoms with Crippen molar-refractivity contribution >= 4 is 0 Å². The molecule has 66 valence electrons. The maximum Gasteiger partial charge on any atom is 0.0502 e. The molecule has 1 fully saturated rings. The predicted octanol–water partition coefficient (Wildman–Crippen LogP) is 3.72. The molecule has 0 aromatic heterocycles. The van der Waals surface area contributed by atoms with Crippen LogP contribution in [-0.4, -0.2) is 0 Å². The van der Waals surface area contributed by atoms with Crippen molar-refractivity contribution < 1.29 is 0 Å². The van der Waals surface area contributed by atoms with E-state index >= 15 is 0 Å². The van der Waals surface area contributed by atoms with Gasteiger partial charge in [0.05, 0.1) is 6.07 Å². The van der Waals surface area contributed by atoms with E-state index in [2.05, 4.69) is 30.3 Å². The standard InChI is InChI=1S/C13H15/c1-2-4-12-10-6-8-11(9-7-10)13(12)5-3-1/h1-5,10-11H,6-9H2/q+1. The quantitative estimate of drug-likeness (QED) is 0.522. The van der Waals surface area contributed by atoms with E-state index in [9.17, 15) is 0 Å². The monoisotopic (exact) mass is 171 g/mol. The van der Waals surface area contributed by atoms with Crippen molar-refractivity contribution in [3.05, 3.63) is 41.5 Å². The molecule has 0 saturated heterocycles. The van der Waals surface area contributed by atoms with Crippen molar-refractivity contribution in [1.29, 1.82) is 0 Å². The summed E-state index contributed by atoms with van der Waals surface area (Å²) in [6.45, 7) is 0. The lowest BCUT2D eigenvalue weighted by Crippen LogP contribution is -2.20. The van der Waals surface area contributed by atoms with Crippen LogP contribution in [0.1, 0.15) is 48.6 Å². The molecule has 0 unspecified atom stereocenters. The molecular formula is C13H15+. The summed E-state index contributed by atoms with van der Waals surface area (Å²) in [5.74, 6) is 1.76. The van der Waals surface area contributed by atoms with Gasteiger partial charge in [0.2, 0.25) is 0 Å². The third kappa shape index (κ3) is 1.08. The molecule has 0 nitrogen and oxygen atoms in total. The Balaban J connectivity index is 2.22. The average molecular weight is 171 g/mol. The van der Waals surface area contributed by atoms with E-state index in [4.69, 9.17) is 0 Å². The number of hydrogen-bond donors (Lipinski definition) is 0. The third-order valence-corrected chi connectivity index (χ3v) is 3.71. The highest BCUT2D eigenvalue weighted by atomic mass is 14.4. The van der Waals surface area contributed by atoms with Crippen molar-refractivity contribution in [3.8, 4) is 0 Å². The SMILES string of the molecule is c1c[cH+]cc2c(c1)C1CCC2CC1. The highest BCUT2D eigenvalue weighted by molar-refractivity contribution is 5.36. The average Bonchev–Trinajstić information content (AvgIpc) is 2.45. The highest BCUT2D eigenvalue weighted by Gasteiger charge is 2.35. The molecule has 0 atom stereocenters. The molecule has 13 heavy (non-hydrogen) atoms. The zero-order chi connectivity index (χ0) is 8.67. The first-order valence-corrected chi connectivity index (χ1v) is 5.37. The Morgan fingerprint density at radius 3 is 2.46 bits per heavy atom. The smallest absolute Gasteiger partial charge is 0.0435 e. The van der Waals surface area contributed by atoms with Crippen LogP contribution in [0.4, 0.5) is 0 Å². The molecule has 0 N–H and O–H groups in total. The minimum Gasteiger partial charge on any atom is -0.0435 e. The molecule has 3 aliphatic rings. The van der Waals surface area contributed by atoms with Gasteiger partial charge in [-0.15, -0.1) is 0 Å².